The Morgan fingerprint density at radius 1 is 0.979 bits per heavy atom. The molecule has 1 aliphatic heterocycles. The first-order chi connectivity index (χ1) is 22.2. The van der Waals surface area contributed by atoms with Crippen LogP contribution in [0.2, 0.25) is 0 Å². The third kappa shape index (κ3) is 10.8. The number of methoxy groups -OCH3 is 2. The number of nitrogens with zero attached hydrogens (tertiary/aromatic N) is 1. The number of rotatable bonds is 13. The van der Waals surface area contributed by atoms with Crippen molar-refractivity contribution < 1.29 is 43.3 Å². The van der Waals surface area contributed by atoms with Crippen LogP contribution in [0.5, 0.6) is 0 Å². The Balaban J connectivity index is 1.72. The van der Waals surface area contributed by atoms with Gasteiger partial charge in [-0.2, -0.15) is 0 Å². The lowest BCUT2D eigenvalue weighted by Crippen LogP contribution is -2.58. The fraction of sp³-hybridized carbons (Fsp3) is 0.485. The van der Waals surface area contributed by atoms with Crippen molar-refractivity contribution in [3.05, 3.63) is 71.8 Å². The summed E-state index contributed by atoms with van der Waals surface area (Å²) in [6.45, 7) is 5.16. The normalized spacial score (nSPS) is 17.6. The molecule has 0 aromatic heterocycles. The number of hydrogen-bond donors (Lipinski definition) is 5. The van der Waals surface area contributed by atoms with E-state index in [1.807, 2.05) is 11.4 Å². The van der Waals surface area contributed by atoms with Crippen LogP contribution in [0.15, 0.2) is 60.7 Å². The maximum Gasteiger partial charge on any atom is 0.414 e. The summed E-state index contributed by atoms with van der Waals surface area (Å²) < 4.78 is 16.1. The zero-order chi connectivity index (χ0) is 34.8. The Morgan fingerprint density at radius 3 is 2.11 bits per heavy atom. The number of likely N-dealkylation sites (tertiary alicyclic amines) is 1. The molecule has 5 amide bonds. The molecule has 6 N–H and O–H groups in total. The number of aliphatic hydroxyl groups is 1. The van der Waals surface area contributed by atoms with Crippen molar-refractivity contribution in [2.24, 2.45) is 5.73 Å². The van der Waals surface area contributed by atoms with Gasteiger partial charge in [-0.3, -0.25) is 24.5 Å². The Morgan fingerprint density at radius 2 is 1.55 bits per heavy atom. The van der Waals surface area contributed by atoms with Crippen LogP contribution in [-0.4, -0.2) is 96.0 Å². The fourth-order valence-electron chi connectivity index (χ4n) is 5.09. The molecular formula is C33H45N5O9. The summed E-state index contributed by atoms with van der Waals surface area (Å²) in [7, 11) is 2.79. The number of hydrogen-bond acceptors (Lipinski definition) is 10. The summed E-state index contributed by atoms with van der Waals surface area (Å²) in [5.74, 6) is -4.32. The lowest BCUT2D eigenvalue weighted by molar-refractivity contribution is -0.197. The van der Waals surface area contributed by atoms with E-state index in [1.54, 1.807) is 75.4 Å². The minimum atomic E-state index is -1.83. The van der Waals surface area contributed by atoms with E-state index in [9.17, 15) is 29.1 Å². The molecule has 4 atom stereocenters. The smallest absolute Gasteiger partial charge is 0.414 e. The van der Waals surface area contributed by atoms with Crippen molar-refractivity contribution in [3.63, 3.8) is 0 Å². The molecule has 2 aromatic rings. The predicted molar refractivity (Wildman–Crippen MR) is 170 cm³/mol. The minimum absolute atomic E-state index is 0.00382. The molecule has 1 saturated heterocycles. The van der Waals surface area contributed by atoms with Crippen LogP contribution in [-0.2, 0) is 46.4 Å². The minimum Gasteiger partial charge on any atom is -0.444 e. The van der Waals surface area contributed by atoms with Gasteiger partial charge in [0.25, 0.3) is 5.91 Å². The van der Waals surface area contributed by atoms with Gasteiger partial charge < -0.3 is 40.6 Å². The Labute approximate surface area is 274 Å². The second-order valence-corrected chi connectivity index (χ2v) is 12.4. The van der Waals surface area contributed by atoms with E-state index in [0.717, 1.165) is 0 Å². The van der Waals surface area contributed by atoms with Gasteiger partial charge >= 0.3 is 6.09 Å². The molecule has 1 heterocycles. The monoisotopic (exact) mass is 655 g/mol. The van der Waals surface area contributed by atoms with Gasteiger partial charge in [0.2, 0.25) is 17.7 Å². The number of amides is 5. The third-order valence-corrected chi connectivity index (χ3v) is 7.58. The number of carbonyl (C=O) groups is 5. The molecule has 0 radical (unpaired) electrons. The molecule has 0 bridgehead atoms. The van der Waals surface area contributed by atoms with Gasteiger partial charge in [0.05, 0.1) is 25.0 Å². The predicted octanol–water partition coefficient (Wildman–Crippen LogP) is 0.750. The first-order valence-electron chi connectivity index (χ1n) is 15.2. The molecule has 1 aliphatic rings. The van der Waals surface area contributed by atoms with E-state index in [0.29, 0.717) is 11.1 Å². The number of carbonyl (C=O) groups excluding carboxylic acids is 5. The van der Waals surface area contributed by atoms with Crippen molar-refractivity contribution in [1.82, 2.24) is 20.9 Å². The average molecular weight is 656 g/mol. The van der Waals surface area contributed by atoms with Gasteiger partial charge in [0, 0.05) is 26.2 Å². The molecular weight excluding hydrogens is 610 g/mol. The van der Waals surface area contributed by atoms with Crippen LogP contribution < -0.4 is 21.7 Å². The molecule has 14 nitrogen and oxygen atoms in total. The number of alkyl carbamates (subject to hydrolysis) is 1. The lowest BCUT2D eigenvalue weighted by atomic mass is 9.99. The molecule has 1 fully saturated rings. The van der Waals surface area contributed by atoms with Crippen molar-refractivity contribution in [1.29, 1.82) is 0 Å². The van der Waals surface area contributed by atoms with Crippen LogP contribution >= 0.6 is 0 Å². The number of ether oxygens (including phenoxy) is 3. The first-order valence-corrected chi connectivity index (χ1v) is 15.2. The topological polar surface area (TPSA) is 199 Å². The molecule has 0 spiro atoms. The second kappa shape index (κ2) is 16.5. The number of aliphatic hydroxyl groups excluding tert-OH is 1. The highest BCUT2D eigenvalue weighted by Crippen LogP contribution is 2.32. The number of nitrogens with two attached hydrogens (primary N) is 1. The average Bonchev–Trinajstić information content (AvgIpc) is 3.44. The van der Waals surface area contributed by atoms with Gasteiger partial charge in [-0.05, 0) is 38.3 Å². The van der Waals surface area contributed by atoms with E-state index in [4.69, 9.17) is 19.9 Å². The van der Waals surface area contributed by atoms with E-state index in [-0.39, 0.29) is 26.0 Å². The Hall–Kier alpha value is -4.37. The standard InChI is InChI=1S/C33H45N5O9/c1-32(2,3)37-29(42)25-18-33(45-4,46-5)20-38(25)30(43)27(40)24(16-21-12-8-6-9-13-21)35-28(41)23(34)17-26(39)36-31(44)47-19-22-14-10-7-11-15-22/h6-15,23-25,27,40H,16-20,34H2,1-5H3,(H,35,41)(H,37,42)(H,36,39,44)/t23-,24-,25-,27-/m0/s1. The largest absolute Gasteiger partial charge is 0.444 e. The molecule has 2 aromatic carbocycles. The second-order valence-electron chi connectivity index (χ2n) is 12.4. The molecule has 47 heavy (non-hydrogen) atoms. The van der Waals surface area contributed by atoms with Crippen molar-refractivity contribution in [2.45, 2.75) is 82.2 Å². The molecule has 0 aliphatic carbocycles. The number of nitrogens with one attached hydrogen (secondary N) is 3. The Bertz CT molecular complexity index is 1380. The van der Waals surface area contributed by atoms with Crippen molar-refractivity contribution >= 4 is 29.7 Å². The molecule has 0 saturated carbocycles. The van der Waals surface area contributed by atoms with E-state index < -0.39 is 71.7 Å². The van der Waals surface area contributed by atoms with Gasteiger partial charge in [-0.15, -0.1) is 0 Å². The summed E-state index contributed by atoms with van der Waals surface area (Å²) >= 11 is 0. The van der Waals surface area contributed by atoms with E-state index in [2.05, 4.69) is 10.6 Å². The van der Waals surface area contributed by atoms with Crippen LogP contribution in [0.1, 0.15) is 44.7 Å². The van der Waals surface area contributed by atoms with Gasteiger partial charge in [-0.1, -0.05) is 60.7 Å². The quantitative estimate of drug-likeness (QED) is 0.192. The zero-order valence-electron chi connectivity index (χ0n) is 27.4. The molecule has 3 rings (SSSR count). The fourth-order valence-corrected chi connectivity index (χ4v) is 5.09. The lowest BCUT2D eigenvalue weighted by Gasteiger charge is -2.32. The zero-order valence-corrected chi connectivity index (χ0v) is 27.4. The van der Waals surface area contributed by atoms with Crippen LogP contribution in [0.25, 0.3) is 0 Å². The summed E-state index contributed by atoms with van der Waals surface area (Å²) in [6, 6.07) is 14.0. The van der Waals surface area contributed by atoms with Crippen LogP contribution in [0, 0.1) is 0 Å². The molecule has 0 unspecified atom stereocenters. The summed E-state index contributed by atoms with van der Waals surface area (Å²) in [5.41, 5.74) is 6.79. The first kappa shape index (κ1) is 37.1. The maximum absolute atomic E-state index is 13.9. The molecule has 14 heteroatoms. The number of benzene rings is 2. The Kier molecular flexibility index (Phi) is 13.0. The van der Waals surface area contributed by atoms with Crippen molar-refractivity contribution in [3.8, 4) is 0 Å². The van der Waals surface area contributed by atoms with Crippen LogP contribution in [0.4, 0.5) is 4.79 Å². The SMILES string of the molecule is COC1(OC)C[C@@H](C(=O)NC(C)(C)C)N(C(=O)[C@@H](O)[C@H](Cc2ccccc2)NC(=O)[C@@H](N)CC(=O)NC(=O)OCc2ccccc2)C1. The summed E-state index contributed by atoms with van der Waals surface area (Å²) in [4.78, 5) is 66.0. The van der Waals surface area contributed by atoms with Crippen LogP contribution in [0.3, 0.4) is 0 Å². The van der Waals surface area contributed by atoms with Gasteiger partial charge in [0.1, 0.15) is 12.6 Å². The highest BCUT2D eigenvalue weighted by atomic mass is 16.7. The van der Waals surface area contributed by atoms with Gasteiger partial charge in [0.15, 0.2) is 11.9 Å². The maximum atomic E-state index is 13.9. The van der Waals surface area contributed by atoms with E-state index in [1.165, 1.54) is 19.1 Å². The van der Waals surface area contributed by atoms with E-state index >= 15 is 0 Å². The molecule has 256 valence electrons. The highest BCUT2D eigenvalue weighted by molar-refractivity contribution is 5.96. The van der Waals surface area contributed by atoms with Crippen molar-refractivity contribution in [2.75, 3.05) is 20.8 Å². The highest BCUT2D eigenvalue weighted by Gasteiger charge is 2.52. The van der Waals surface area contributed by atoms with Gasteiger partial charge in [-0.25, -0.2) is 4.79 Å². The third-order valence-electron chi connectivity index (χ3n) is 7.58. The summed E-state index contributed by atoms with van der Waals surface area (Å²) in [5, 5.41) is 18.9. The number of imide groups is 1. The summed E-state index contributed by atoms with van der Waals surface area (Å²) in [6.07, 6.45) is -3.41.